The first kappa shape index (κ1) is 14.6. The van der Waals surface area contributed by atoms with E-state index in [1.165, 1.54) is 4.57 Å². The minimum Gasteiger partial charge on any atom is -0.384 e. The summed E-state index contributed by atoms with van der Waals surface area (Å²) in [5, 5.41) is 3.75. The number of nitrogens with one attached hydrogen (secondary N) is 1. The largest absolute Gasteiger partial charge is 0.384 e. The van der Waals surface area contributed by atoms with Gasteiger partial charge in [-0.25, -0.2) is 9.55 Å². The highest BCUT2D eigenvalue weighted by Gasteiger charge is 2.23. The van der Waals surface area contributed by atoms with Crippen molar-refractivity contribution in [3.05, 3.63) is 69.3 Å². The van der Waals surface area contributed by atoms with Crippen LogP contribution in [0.4, 0.5) is 5.69 Å². The Kier molecular flexibility index (Phi) is 3.23. The highest BCUT2D eigenvalue weighted by molar-refractivity contribution is 6.02. The van der Waals surface area contributed by atoms with Crippen molar-refractivity contribution >= 4 is 22.5 Å². The molecule has 0 saturated heterocycles. The predicted molar refractivity (Wildman–Crippen MR) is 93.8 cm³/mol. The van der Waals surface area contributed by atoms with Crippen molar-refractivity contribution in [2.75, 3.05) is 11.9 Å². The topological polar surface area (TPSA) is 64.0 Å². The zero-order chi connectivity index (χ0) is 16.8. The number of carbonyl (C=O) groups is 1. The number of rotatable bonds is 0. The van der Waals surface area contributed by atoms with E-state index in [0.29, 0.717) is 35.3 Å². The molecule has 24 heavy (non-hydrogen) atoms. The molecule has 0 saturated carbocycles. The Bertz CT molecular complexity index is 1050. The number of fused-ring (bicyclic) bond motifs is 3. The minimum absolute atomic E-state index is 0.293. The fraction of sp³-hybridized carbons (Fsp3) is 0.211. The molecule has 5 heteroatoms. The Labute approximate surface area is 139 Å². The van der Waals surface area contributed by atoms with Crippen molar-refractivity contribution < 1.29 is 4.79 Å². The molecule has 1 aromatic heterocycles. The molecular weight excluding hydrogens is 302 g/mol. The number of benzene rings is 2. The van der Waals surface area contributed by atoms with Gasteiger partial charge in [-0.15, -0.1) is 0 Å². The lowest BCUT2D eigenvalue weighted by molar-refractivity contribution is 0.0951. The van der Waals surface area contributed by atoms with E-state index >= 15 is 0 Å². The third-order valence-corrected chi connectivity index (χ3v) is 4.37. The first-order chi connectivity index (χ1) is 11.5. The summed E-state index contributed by atoms with van der Waals surface area (Å²) < 4.78 is 1.24. The Morgan fingerprint density at radius 2 is 1.79 bits per heavy atom. The number of anilines is 1. The molecule has 2 heterocycles. The predicted octanol–water partition coefficient (Wildman–Crippen LogP) is 2.67. The summed E-state index contributed by atoms with van der Waals surface area (Å²) in [5.41, 5.74) is 3.55. The van der Waals surface area contributed by atoms with Crippen LogP contribution in [0.5, 0.6) is 0 Å². The van der Waals surface area contributed by atoms with Crippen LogP contribution in [0, 0.1) is 13.8 Å². The van der Waals surface area contributed by atoms with E-state index in [4.69, 9.17) is 0 Å². The molecule has 1 N–H and O–H groups in total. The lowest BCUT2D eigenvalue weighted by Crippen LogP contribution is -2.34. The van der Waals surface area contributed by atoms with Crippen LogP contribution in [-0.2, 0) is 6.42 Å². The second kappa shape index (κ2) is 5.30. The van der Waals surface area contributed by atoms with E-state index in [0.717, 1.165) is 16.8 Å². The van der Waals surface area contributed by atoms with Crippen LogP contribution in [-0.4, -0.2) is 22.0 Å². The Morgan fingerprint density at radius 1 is 1.04 bits per heavy atom. The molecule has 2 aromatic carbocycles. The second-order valence-electron chi connectivity index (χ2n) is 6.22. The van der Waals surface area contributed by atoms with Crippen molar-refractivity contribution in [1.82, 2.24) is 9.55 Å². The smallest absolute Gasteiger partial charge is 0.268 e. The quantitative estimate of drug-likeness (QED) is 0.692. The fourth-order valence-electron chi connectivity index (χ4n) is 3.14. The normalized spacial score (nSPS) is 13.7. The van der Waals surface area contributed by atoms with Crippen LogP contribution in [0.3, 0.4) is 0 Å². The van der Waals surface area contributed by atoms with Gasteiger partial charge in [0.25, 0.3) is 11.5 Å². The van der Waals surface area contributed by atoms with Crippen molar-refractivity contribution in [2.45, 2.75) is 20.3 Å². The van der Waals surface area contributed by atoms with Gasteiger partial charge >= 0.3 is 0 Å². The van der Waals surface area contributed by atoms with Crippen molar-refractivity contribution in [3.63, 3.8) is 0 Å². The summed E-state index contributed by atoms with van der Waals surface area (Å²) in [6, 6.07) is 11.2. The van der Waals surface area contributed by atoms with Crippen molar-refractivity contribution in [1.29, 1.82) is 0 Å². The molecule has 120 valence electrons. The summed E-state index contributed by atoms with van der Waals surface area (Å²) in [6.07, 6.45) is 0.512. The highest BCUT2D eigenvalue weighted by Crippen LogP contribution is 2.21. The van der Waals surface area contributed by atoms with Crippen molar-refractivity contribution in [2.24, 2.45) is 0 Å². The SMILES string of the molecule is Cc1ccc2c(c1)C(=O)n1c(nc3ccc(C)cc3c1=O)CCN2. The lowest BCUT2D eigenvalue weighted by Gasteiger charge is -2.19. The van der Waals surface area contributed by atoms with Gasteiger partial charge in [-0.1, -0.05) is 23.3 Å². The summed E-state index contributed by atoms with van der Waals surface area (Å²) in [6.45, 7) is 4.47. The zero-order valence-electron chi connectivity index (χ0n) is 13.6. The van der Waals surface area contributed by atoms with Gasteiger partial charge in [-0.05, 0) is 38.1 Å². The van der Waals surface area contributed by atoms with E-state index in [1.54, 1.807) is 6.07 Å². The van der Waals surface area contributed by atoms with E-state index in [2.05, 4.69) is 10.3 Å². The Balaban J connectivity index is 2.04. The van der Waals surface area contributed by atoms with Crippen LogP contribution in [0.2, 0.25) is 0 Å². The molecular formula is C19H17N3O2. The maximum Gasteiger partial charge on any atom is 0.268 e. The second-order valence-corrected chi connectivity index (χ2v) is 6.22. The van der Waals surface area contributed by atoms with Crippen LogP contribution >= 0.6 is 0 Å². The number of aryl methyl sites for hydroxylation is 2. The standard InChI is InChI=1S/C19H17N3O2/c1-11-3-5-15-13(9-11)18(23)22-17(7-8-20-15)21-16-6-4-12(2)10-14(16)19(22)24/h3-6,9-10,20H,7-8H2,1-2H3. The molecule has 1 aliphatic heterocycles. The average molecular weight is 319 g/mol. The van der Waals surface area contributed by atoms with Crippen LogP contribution in [0.1, 0.15) is 27.3 Å². The number of nitrogens with zero attached hydrogens (tertiary/aromatic N) is 2. The molecule has 0 bridgehead atoms. The van der Waals surface area contributed by atoms with Gasteiger partial charge in [0.15, 0.2) is 0 Å². The highest BCUT2D eigenvalue weighted by atomic mass is 16.2. The van der Waals surface area contributed by atoms with Gasteiger partial charge in [-0.3, -0.25) is 9.59 Å². The number of hydrogen-bond donors (Lipinski definition) is 1. The third-order valence-electron chi connectivity index (χ3n) is 4.37. The number of hydrogen-bond acceptors (Lipinski definition) is 4. The molecule has 1 aliphatic rings. The summed E-state index contributed by atoms with van der Waals surface area (Å²) in [7, 11) is 0. The maximum atomic E-state index is 13.1. The first-order valence-electron chi connectivity index (χ1n) is 7.96. The van der Waals surface area contributed by atoms with Gasteiger partial charge in [0.1, 0.15) is 5.82 Å². The van der Waals surface area contributed by atoms with Gasteiger partial charge < -0.3 is 5.32 Å². The molecule has 4 rings (SSSR count). The molecule has 0 radical (unpaired) electrons. The summed E-state index contributed by atoms with van der Waals surface area (Å²) in [4.78, 5) is 30.6. The molecule has 0 spiro atoms. The molecule has 0 atom stereocenters. The molecule has 0 unspecified atom stereocenters. The summed E-state index contributed by atoms with van der Waals surface area (Å²) >= 11 is 0. The van der Waals surface area contributed by atoms with E-state index in [9.17, 15) is 9.59 Å². The maximum absolute atomic E-state index is 13.1. The molecule has 3 aromatic rings. The third kappa shape index (κ3) is 2.21. The van der Waals surface area contributed by atoms with Crippen LogP contribution in [0.25, 0.3) is 10.9 Å². The Morgan fingerprint density at radius 3 is 2.62 bits per heavy atom. The van der Waals surface area contributed by atoms with Gasteiger partial charge in [0.2, 0.25) is 0 Å². The van der Waals surface area contributed by atoms with E-state index < -0.39 is 0 Å². The van der Waals surface area contributed by atoms with E-state index in [1.807, 2.05) is 44.2 Å². The monoisotopic (exact) mass is 319 g/mol. The molecule has 0 amide bonds. The van der Waals surface area contributed by atoms with Crippen molar-refractivity contribution in [3.8, 4) is 0 Å². The summed E-state index contributed by atoms with van der Waals surface area (Å²) in [5.74, 6) is 0.179. The molecule has 0 aliphatic carbocycles. The molecule has 0 fully saturated rings. The van der Waals surface area contributed by atoms with Crippen LogP contribution < -0.4 is 10.9 Å². The minimum atomic E-state index is -0.322. The fourth-order valence-corrected chi connectivity index (χ4v) is 3.14. The lowest BCUT2D eigenvalue weighted by atomic mass is 10.1. The number of carbonyl (C=O) groups excluding carboxylic acids is 1. The van der Waals surface area contributed by atoms with Crippen LogP contribution in [0.15, 0.2) is 41.2 Å². The van der Waals surface area contributed by atoms with E-state index in [-0.39, 0.29) is 11.5 Å². The molecule has 5 nitrogen and oxygen atoms in total. The van der Waals surface area contributed by atoms with Gasteiger partial charge in [0, 0.05) is 18.7 Å². The van der Waals surface area contributed by atoms with Gasteiger partial charge in [0.05, 0.1) is 16.5 Å². The zero-order valence-corrected chi connectivity index (χ0v) is 13.6. The number of aromatic nitrogens is 2. The first-order valence-corrected chi connectivity index (χ1v) is 7.96. The Hall–Kier alpha value is -2.95. The van der Waals surface area contributed by atoms with Gasteiger partial charge in [-0.2, -0.15) is 0 Å². The average Bonchev–Trinajstić information content (AvgIpc) is 2.55.